The first-order valence-electron chi connectivity index (χ1n) is 11.0. The van der Waals surface area contributed by atoms with Crippen LogP contribution in [0.2, 0.25) is 0 Å². The van der Waals surface area contributed by atoms with Crippen LogP contribution in [-0.4, -0.2) is 80.0 Å². The van der Waals surface area contributed by atoms with Gasteiger partial charge >= 0.3 is 6.09 Å². The van der Waals surface area contributed by atoms with Gasteiger partial charge in [0.1, 0.15) is 0 Å². The zero-order valence-corrected chi connectivity index (χ0v) is 19.6. The Bertz CT molecular complexity index is 961. The van der Waals surface area contributed by atoms with Gasteiger partial charge in [-0.1, -0.05) is 48.5 Å². The normalized spacial score (nSPS) is 16.7. The molecule has 0 saturated carbocycles. The number of benzene rings is 2. The first-order chi connectivity index (χ1) is 15.3. The number of rotatable bonds is 9. The molecule has 1 heterocycles. The standard InChI is InChI=1S/C24H33N3O4S/c1-25(32(30,31)23-11-7-4-8-12-23)19-21(20-9-5-3-6-10-20)13-16-27-17-14-22(15-18-27)26(2)24(28)29/h3-12,21-22H,13-19H2,1-2H3,(H,28,29). The number of amides is 1. The Balaban J connectivity index is 1.64. The highest BCUT2D eigenvalue weighted by Gasteiger charge is 2.27. The lowest BCUT2D eigenvalue weighted by molar-refractivity contribution is 0.104. The highest BCUT2D eigenvalue weighted by molar-refractivity contribution is 7.89. The van der Waals surface area contributed by atoms with Crippen molar-refractivity contribution in [1.82, 2.24) is 14.1 Å². The van der Waals surface area contributed by atoms with Gasteiger partial charge in [0.25, 0.3) is 0 Å². The van der Waals surface area contributed by atoms with Gasteiger partial charge in [-0.2, -0.15) is 0 Å². The van der Waals surface area contributed by atoms with Crippen LogP contribution in [0.25, 0.3) is 0 Å². The SMILES string of the molecule is CN(C(=O)O)C1CCN(CCC(CN(C)S(=O)(=O)c2ccccc2)c2ccccc2)CC1. The summed E-state index contributed by atoms with van der Waals surface area (Å²) in [6.07, 6.45) is 1.59. The van der Waals surface area contributed by atoms with Crippen molar-refractivity contribution in [3.05, 3.63) is 66.2 Å². The largest absolute Gasteiger partial charge is 0.465 e. The Morgan fingerprint density at radius 2 is 1.59 bits per heavy atom. The van der Waals surface area contributed by atoms with Gasteiger partial charge in [-0.25, -0.2) is 17.5 Å². The van der Waals surface area contributed by atoms with Crippen LogP contribution in [0, 0.1) is 0 Å². The summed E-state index contributed by atoms with van der Waals surface area (Å²) in [6.45, 7) is 2.95. The summed E-state index contributed by atoms with van der Waals surface area (Å²) in [5.41, 5.74) is 1.13. The molecule has 0 aliphatic carbocycles. The molecule has 174 valence electrons. The van der Waals surface area contributed by atoms with E-state index < -0.39 is 16.1 Å². The molecule has 7 nitrogen and oxygen atoms in total. The van der Waals surface area contributed by atoms with Crippen molar-refractivity contribution < 1.29 is 18.3 Å². The Morgan fingerprint density at radius 3 is 2.16 bits per heavy atom. The zero-order valence-electron chi connectivity index (χ0n) is 18.8. The van der Waals surface area contributed by atoms with Crippen LogP contribution in [0.4, 0.5) is 4.79 Å². The molecule has 2 aromatic rings. The van der Waals surface area contributed by atoms with E-state index in [9.17, 15) is 18.3 Å². The number of sulfonamides is 1. The summed E-state index contributed by atoms with van der Waals surface area (Å²) >= 11 is 0. The molecule has 3 rings (SSSR count). The molecule has 1 atom stereocenters. The van der Waals surface area contributed by atoms with E-state index in [-0.39, 0.29) is 12.0 Å². The topological polar surface area (TPSA) is 81.2 Å². The van der Waals surface area contributed by atoms with Crippen LogP contribution in [0.15, 0.2) is 65.6 Å². The number of nitrogens with zero attached hydrogens (tertiary/aromatic N) is 3. The highest BCUT2D eigenvalue weighted by Crippen LogP contribution is 2.25. The van der Waals surface area contributed by atoms with Crippen LogP contribution in [0.5, 0.6) is 0 Å². The maximum atomic E-state index is 13.0. The van der Waals surface area contributed by atoms with Crippen LogP contribution >= 0.6 is 0 Å². The second-order valence-electron chi connectivity index (χ2n) is 8.46. The molecule has 1 N–H and O–H groups in total. The minimum Gasteiger partial charge on any atom is -0.465 e. The molecular formula is C24H33N3O4S. The average molecular weight is 460 g/mol. The second-order valence-corrected chi connectivity index (χ2v) is 10.5. The fourth-order valence-electron chi connectivity index (χ4n) is 4.29. The van der Waals surface area contributed by atoms with Gasteiger partial charge < -0.3 is 14.9 Å². The Labute approximate surface area is 191 Å². The van der Waals surface area contributed by atoms with E-state index in [4.69, 9.17) is 0 Å². The van der Waals surface area contributed by atoms with E-state index in [1.165, 1.54) is 9.21 Å². The summed E-state index contributed by atoms with van der Waals surface area (Å²) < 4.78 is 27.5. The van der Waals surface area contributed by atoms with Gasteiger partial charge in [-0.3, -0.25) is 0 Å². The van der Waals surface area contributed by atoms with Crippen molar-refractivity contribution in [2.75, 3.05) is 40.3 Å². The van der Waals surface area contributed by atoms with E-state index in [0.29, 0.717) is 11.4 Å². The first kappa shape index (κ1) is 24.2. The van der Waals surface area contributed by atoms with Crippen LogP contribution in [-0.2, 0) is 10.0 Å². The highest BCUT2D eigenvalue weighted by atomic mass is 32.2. The predicted molar refractivity (Wildman–Crippen MR) is 125 cm³/mol. The Hall–Kier alpha value is -2.42. The molecule has 0 bridgehead atoms. The van der Waals surface area contributed by atoms with E-state index in [1.54, 1.807) is 38.4 Å². The Kier molecular flexibility index (Phi) is 8.28. The van der Waals surface area contributed by atoms with Gasteiger partial charge in [0.2, 0.25) is 10.0 Å². The molecule has 1 aliphatic heterocycles. The number of likely N-dealkylation sites (tertiary alicyclic amines) is 1. The molecule has 2 aromatic carbocycles. The molecule has 8 heteroatoms. The van der Waals surface area contributed by atoms with Gasteiger partial charge in [-0.15, -0.1) is 0 Å². The van der Waals surface area contributed by atoms with Gasteiger partial charge in [0.05, 0.1) is 4.90 Å². The third-order valence-electron chi connectivity index (χ3n) is 6.40. The first-order valence-corrected chi connectivity index (χ1v) is 12.5. The molecular weight excluding hydrogens is 426 g/mol. The van der Waals surface area contributed by atoms with Crippen molar-refractivity contribution in [3.63, 3.8) is 0 Å². The van der Waals surface area contributed by atoms with Crippen molar-refractivity contribution in [2.45, 2.75) is 36.1 Å². The molecule has 1 fully saturated rings. The monoisotopic (exact) mass is 459 g/mol. The minimum absolute atomic E-state index is 0.0656. The zero-order chi connectivity index (χ0) is 23.1. The average Bonchev–Trinajstić information content (AvgIpc) is 2.82. The van der Waals surface area contributed by atoms with E-state index >= 15 is 0 Å². The van der Waals surface area contributed by atoms with Crippen molar-refractivity contribution in [2.24, 2.45) is 0 Å². The summed E-state index contributed by atoms with van der Waals surface area (Å²) in [5.74, 6) is 0.0686. The molecule has 0 radical (unpaired) electrons. The van der Waals surface area contributed by atoms with Crippen molar-refractivity contribution in [3.8, 4) is 0 Å². The fourth-order valence-corrected chi connectivity index (χ4v) is 5.53. The van der Waals surface area contributed by atoms with Gasteiger partial charge in [0, 0.05) is 39.8 Å². The van der Waals surface area contributed by atoms with Crippen LogP contribution in [0.3, 0.4) is 0 Å². The number of hydrogen-bond acceptors (Lipinski definition) is 4. The maximum absolute atomic E-state index is 13.0. The summed E-state index contributed by atoms with van der Waals surface area (Å²) in [4.78, 5) is 15.3. The lowest BCUT2D eigenvalue weighted by Crippen LogP contribution is -2.45. The number of hydrogen-bond donors (Lipinski definition) is 1. The van der Waals surface area contributed by atoms with Gasteiger partial charge in [0.15, 0.2) is 0 Å². The third-order valence-corrected chi connectivity index (χ3v) is 8.24. The Morgan fingerprint density at radius 1 is 1.03 bits per heavy atom. The number of carboxylic acid groups (broad SMARTS) is 1. The van der Waals surface area contributed by atoms with Crippen molar-refractivity contribution >= 4 is 16.1 Å². The minimum atomic E-state index is -3.55. The molecule has 32 heavy (non-hydrogen) atoms. The summed E-state index contributed by atoms with van der Waals surface area (Å²) in [5, 5.41) is 9.19. The van der Waals surface area contributed by atoms with Gasteiger partial charge in [-0.05, 0) is 49.4 Å². The molecule has 0 spiro atoms. The lowest BCUT2D eigenvalue weighted by atomic mass is 9.94. The molecule has 0 aromatic heterocycles. The van der Waals surface area contributed by atoms with E-state index in [2.05, 4.69) is 17.0 Å². The number of piperidine rings is 1. The lowest BCUT2D eigenvalue weighted by Gasteiger charge is -2.36. The summed E-state index contributed by atoms with van der Waals surface area (Å²) in [6, 6.07) is 18.7. The maximum Gasteiger partial charge on any atom is 0.407 e. The van der Waals surface area contributed by atoms with E-state index in [0.717, 1.165) is 44.5 Å². The van der Waals surface area contributed by atoms with E-state index in [1.807, 2.05) is 24.3 Å². The van der Waals surface area contributed by atoms with Crippen LogP contribution in [0.1, 0.15) is 30.7 Å². The smallest absolute Gasteiger partial charge is 0.407 e. The molecule has 1 aliphatic rings. The quantitative estimate of drug-likeness (QED) is 0.620. The van der Waals surface area contributed by atoms with Crippen LogP contribution < -0.4 is 0 Å². The third kappa shape index (κ3) is 6.09. The predicted octanol–water partition coefficient (Wildman–Crippen LogP) is 3.56. The molecule has 1 amide bonds. The number of carbonyl (C=O) groups is 1. The number of likely N-dealkylation sites (N-methyl/N-ethyl adjacent to an activating group) is 1. The summed E-state index contributed by atoms with van der Waals surface area (Å²) in [7, 11) is -0.271. The fraction of sp³-hybridized carbons (Fsp3) is 0.458. The molecule has 1 saturated heterocycles. The molecule has 1 unspecified atom stereocenters. The van der Waals surface area contributed by atoms with Crippen molar-refractivity contribution in [1.29, 1.82) is 0 Å². The second kappa shape index (κ2) is 10.9.